The van der Waals surface area contributed by atoms with Crippen LogP contribution in [0.3, 0.4) is 0 Å². The van der Waals surface area contributed by atoms with E-state index in [0.29, 0.717) is 0 Å². The molecule has 64 valence electrons. The average Bonchev–Trinajstić information content (AvgIpc) is 2.09. The summed E-state index contributed by atoms with van der Waals surface area (Å²) in [4.78, 5) is 0. The molecule has 2 heteroatoms. The largest absolute Gasteiger partial charge is 0.497 e. The Morgan fingerprint density at radius 1 is 1.58 bits per heavy atom. The number of methoxy groups -OCH3 is 1. The molecule has 0 aromatic heterocycles. The van der Waals surface area contributed by atoms with Gasteiger partial charge in [-0.2, -0.15) is 0 Å². The van der Waals surface area contributed by atoms with Gasteiger partial charge in [-0.25, -0.2) is 0 Å². The van der Waals surface area contributed by atoms with Crippen LogP contribution in [0.15, 0.2) is 30.9 Å². The highest BCUT2D eigenvalue weighted by molar-refractivity contribution is 6.31. The number of halogens is 1. The summed E-state index contributed by atoms with van der Waals surface area (Å²) < 4.78 is 5.02. The minimum absolute atomic E-state index is 0.731. The third-order valence-electron chi connectivity index (χ3n) is 1.62. The van der Waals surface area contributed by atoms with Crippen LogP contribution >= 0.6 is 11.6 Å². The first-order valence-corrected chi connectivity index (χ1v) is 4.09. The van der Waals surface area contributed by atoms with Gasteiger partial charge in [0.2, 0.25) is 0 Å². The van der Waals surface area contributed by atoms with Crippen LogP contribution in [0.4, 0.5) is 0 Å². The van der Waals surface area contributed by atoms with Crippen LogP contribution < -0.4 is 4.74 Å². The molecule has 12 heavy (non-hydrogen) atoms. The van der Waals surface area contributed by atoms with Gasteiger partial charge in [-0.15, -0.1) is 6.58 Å². The predicted molar refractivity (Wildman–Crippen MR) is 51.9 cm³/mol. The van der Waals surface area contributed by atoms with E-state index in [1.165, 1.54) is 0 Å². The molecule has 0 fully saturated rings. The van der Waals surface area contributed by atoms with Gasteiger partial charge in [0.05, 0.1) is 7.11 Å². The standard InChI is InChI=1S/C10H11ClO/c1-3-4-8-5-6-9(12-2)7-10(8)11/h3,5-7H,1,4H2,2H3. The summed E-state index contributed by atoms with van der Waals surface area (Å²) in [5, 5.41) is 0.731. The van der Waals surface area contributed by atoms with E-state index in [0.717, 1.165) is 22.8 Å². The summed E-state index contributed by atoms with van der Waals surface area (Å²) in [7, 11) is 1.62. The number of hydrogen-bond acceptors (Lipinski definition) is 1. The van der Waals surface area contributed by atoms with Crippen molar-refractivity contribution in [2.75, 3.05) is 7.11 Å². The highest BCUT2D eigenvalue weighted by Gasteiger charge is 1.99. The van der Waals surface area contributed by atoms with E-state index < -0.39 is 0 Å². The Labute approximate surface area is 77.6 Å². The molecule has 0 radical (unpaired) electrons. The Morgan fingerprint density at radius 3 is 2.83 bits per heavy atom. The first-order chi connectivity index (χ1) is 5.77. The lowest BCUT2D eigenvalue weighted by Gasteiger charge is -2.03. The van der Waals surface area contributed by atoms with Crippen LogP contribution in [-0.4, -0.2) is 7.11 Å². The second-order valence-electron chi connectivity index (χ2n) is 2.45. The highest BCUT2D eigenvalue weighted by atomic mass is 35.5. The van der Waals surface area contributed by atoms with Crippen LogP contribution in [0.2, 0.25) is 5.02 Å². The van der Waals surface area contributed by atoms with E-state index in [9.17, 15) is 0 Å². The van der Waals surface area contributed by atoms with Crippen molar-refractivity contribution in [3.63, 3.8) is 0 Å². The second kappa shape index (κ2) is 4.17. The average molecular weight is 183 g/mol. The molecular formula is C10H11ClO. The number of benzene rings is 1. The predicted octanol–water partition coefficient (Wildman–Crippen LogP) is 3.08. The zero-order valence-corrected chi connectivity index (χ0v) is 7.77. The van der Waals surface area contributed by atoms with Crippen LogP contribution in [0, 0.1) is 0 Å². The molecule has 0 bridgehead atoms. The van der Waals surface area contributed by atoms with Crippen molar-refractivity contribution in [3.8, 4) is 5.75 Å². The maximum Gasteiger partial charge on any atom is 0.120 e. The van der Waals surface area contributed by atoms with Gasteiger partial charge >= 0.3 is 0 Å². The van der Waals surface area contributed by atoms with E-state index in [2.05, 4.69) is 6.58 Å². The molecule has 0 atom stereocenters. The summed E-state index contributed by atoms with van der Waals surface area (Å²) in [6, 6.07) is 5.65. The lowest BCUT2D eigenvalue weighted by atomic mass is 10.1. The molecule has 0 aliphatic rings. The van der Waals surface area contributed by atoms with Crippen molar-refractivity contribution in [1.82, 2.24) is 0 Å². The van der Waals surface area contributed by atoms with Crippen molar-refractivity contribution >= 4 is 11.6 Å². The number of allylic oxidation sites excluding steroid dienone is 1. The molecule has 1 aromatic rings. The summed E-state index contributed by atoms with van der Waals surface area (Å²) >= 11 is 5.96. The fourth-order valence-corrected chi connectivity index (χ4v) is 1.22. The number of ether oxygens (including phenoxy) is 1. The first-order valence-electron chi connectivity index (χ1n) is 3.71. The fraction of sp³-hybridized carbons (Fsp3) is 0.200. The summed E-state index contributed by atoms with van der Waals surface area (Å²) in [6.45, 7) is 3.65. The maximum atomic E-state index is 5.96. The van der Waals surface area contributed by atoms with Gasteiger partial charge in [0.15, 0.2) is 0 Å². The van der Waals surface area contributed by atoms with Crippen LogP contribution in [0.25, 0.3) is 0 Å². The minimum atomic E-state index is 0.731. The van der Waals surface area contributed by atoms with Crippen molar-refractivity contribution in [2.24, 2.45) is 0 Å². The molecule has 1 nitrogen and oxygen atoms in total. The topological polar surface area (TPSA) is 9.23 Å². The zero-order valence-electron chi connectivity index (χ0n) is 7.01. The Balaban J connectivity index is 2.94. The van der Waals surface area contributed by atoms with Crippen molar-refractivity contribution in [1.29, 1.82) is 0 Å². The van der Waals surface area contributed by atoms with Crippen LogP contribution in [0.1, 0.15) is 5.56 Å². The molecule has 1 rings (SSSR count). The van der Waals surface area contributed by atoms with Crippen LogP contribution in [0.5, 0.6) is 5.75 Å². The van der Waals surface area contributed by atoms with E-state index in [1.54, 1.807) is 13.2 Å². The molecule has 0 saturated carbocycles. The fourth-order valence-electron chi connectivity index (χ4n) is 0.976. The number of rotatable bonds is 3. The quantitative estimate of drug-likeness (QED) is 0.653. The molecule has 0 aliphatic heterocycles. The molecule has 0 amide bonds. The Kier molecular flexibility index (Phi) is 3.18. The van der Waals surface area contributed by atoms with Gasteiger partial charge in [0, 0.05) is 5.02 Å². The summed E-state index contributed by atoms with van der Waals surface area (Å²) in [5.41, 5.74) is 1.08. The van der Waals surface area contributed by atoms with Crippen molar-refractivity contribution < 1.29 is 4.74 Å². The molecule has 0 aliphatic carbocycles. The third kappa shape index (κ3) is 2.02. The third-order valence-corrected chi connectivity index (χ3v) is 1.98. The SMILES string of the molecule is C=CCc1ccc(OC)cc1Cl. The Morgan fingerprint density at radius 2 is 2.33 bits per heavy atom. The molecule has 0 saturated heterocycles. The Bertz CT molecular complexity index is 281. The molecule has 0 spiro atoms. The van der Waals surface area contributed by atoms with Gasteiger partial charge in [-0.3, -0.25) is 0 Å². The van der Waals surface area contributed by atoms with E-state index in [1.807, 2.05) is 18.2 Å². The van der Waals surface area contributed by atoms with E-state index >= 15 is 0 Å². The van der Waals surface area contributed by atoms with Gasteiger partial charge < -0.3 is 4.74 Å². The summed E-state index contributed by atoms with van der Waals surface area (Å²) in [5.74, 6) is 0.785. The molecule has 0 unspecified atom stereocenters. The zero-order chi connectivity index (χ0) is 8.97. The molecule has 0 heterocycles. The lowest BCUT2D eigenvalue weighted by Crippen LogP contribution is -1.86. The number of hydrogen-bond donors (Lipinski definition) is 0. The van der Waals surface area contributed by atoms with E-state index in [-0.39, 0.29) is 0 Å². The molecule has 1 aromatic carbocycles. The lowest BCUT2D eigenvalue weighted by molar-refractivity contribution is 0.414. The highest BCUT2D eigenvalue weighted by Crippen LogP contribution is 2.22. The smallest absolute Gasteiger partial charge is 0.120 e. The normalized spacial score (nSPS) is 9.50. The molecular weight excluding hydrogens is 172 g/mol. The maximum absolute atomic E-state index is 5.96. The minimum Gasteiger partial charge on any atom is -0.497 e. The first kappa shape index (κ1) is 9.14. The second-order valence-corrected chi connectivity index (χ2v) is 2.86. The summed E-state index contributed by atoms with van der Waals surface area (Å²) in [6.07, 6.45) is 2.62. The van der Waals surface area contributed by atoms with Gasteiger partial charge in [0.25, 0.3) is 0 Å². The van der Waals surface area contributed by atoms with Gasteiger partial charge in [-0.1, -0.05) is 23.7 Å². The monoisotopic (exact) mass is 182 g/mol. The van der Waals surface area contributed by atoms with Gasteiger partial charge in [-0.05, 0) is 24.1 Å². The molecule has 0 N–H and O–H groups in total. The van der Waals surface area contributed by atoms with Crippen LogP contribution in [-0.2, 0) is 6.42 Å². The van der Waals surface area contributed by atoms with Crippen molar-refractivity contribution in [3.05, 3.63) is 41.4 Å². The van der Waals surface area contributed by atoms with E-state index in [4.69, 9.17) is 16.3 Å². The van der Waals surface area contributed by atoms with Gasteiger partial charge in [0.1, 0.15) is 5.75 Å². The Hall–Kier alpha value is -0.950. The van der Waals surface area contributed by atoms with Crippen molar-refractivity contribution in [2.45, 2.75) is 6.42 Å².